The molecule has 2 aromatic rings. The molecular formula is C22H26N4O2. The van der Waals surface area contributed by atoms with E-state index in [0.717, 1.165) is 41.4 Å². The molecule has 2 atom stereocenters. The summed E-state index contributed by atoms with van der Waals surface area (Å²) in [5.41, 5.74) is 4.14. The monoisotopic (exact) mass is 378 g/mol. The van der Waals surface area contributed by atoms with Crippen molar-refractivity contribution in [1.29, 1.82) is 0 Å². The van der Waals surface area contributed by atoms with Crippen LogP contribution in [0.4, 0.5) is 5.82 Å². The Morgan fingerprint density at radius 2 is 1.89 bits per heavy atom. The standard InChI is InChI=1S/C22H26N4O2/c1-14-11-27-12-15(2)26(14)20-9-19(24-13-25-20)21-18-8-17(28-22(3)6-7-22)5-4-16(18)10-23-21/h4-5,8-9,13-15H,6-7,10-12H2,1-3H3/t14-,15-/m1/s1. The normalized spacial score (nSPS) is 25.2. The molecule has 2 aliphatic heterocycles. The van der Waals surface area contributed by atoms with Crippen molar-refractivity contribution < 1.29 is 9.47 Å². The molecule has 28 heavy (non-hydrogen) atoms. The molecule has 0 spiro atoms. The molecule has 0 unspecified atom stereocenters. The average molecular weight is 378 g/mol. The van der Waals surface area contributed by atoms with Gasteiger partial charge in [-0.25, -0.2) is 9.97 Å². The van der Waals surface area contributed by atoms with Crippen LogP contribution >= 0.6 is 0 Å². The van der Waals surface area contributed by atoms with Crippen LogP contribution in [-0.2, 0) is 11.3 Å². The van der Waals surface area contributed by atoms with Gasteiger partial charge in [-0.2, -0.15) is 0 Å². The molecule has 0 radical (unpaired) electrons. The second-order valence-corrected chi connectivity index (χ2v) is 8.44. The molecular weight excluding hydrogens is 352 g/mol. The van der Waals surface area contributed by atoms with Gasteiger partial charge in [-0.3, -0.25) is 4.99 Å². The molecule has 1 aromatic carbocycles. The van der Waals surface area contributed by atoms with Crippen molar-refractivity contribution in [1.82, 2.24) is 9.97 Å². The number of hydrogen-bond acceptors (Lipinski definition) is 6. The first-order valence-corrected chi connectivity index (χ1v) is 10.1. The highest BCUT2D eigenvalue weighted by molar-refractivity contribution is 6.14. The minimum absolute atomic E-state index is 0.00877. The summed E-state index contributed by atoms with van der Waals surface area (Å²) < 4.78 is 11.8. The van der Waals surface area contributed by atoms with E-state index < -0.39 is 0 Å². The minimum atomic E-state index is 0.00877. The summed E-state index contributed by atoms with van der Waals surface area (Å²) in [7, 11) is 0. The zero-order chi connectivity index (χ0) is 19.3. The predicted molar refractivity (Wildman–Crippen MR) is 108 cm³/mol. The second-order valence-electron chi connectivity index (χ2n) is 8.44. The quantitative estimate of drug-likeness (QED) is 0.816. The Hall–Kier alpha value is -2.47. The number of morpholine rings is 1. The van der Waals surface area contributed by atoms with Crippen LogP contribution < -0.4 is 9.64 Å². The molecule has 3 heterocycles. The number of rotatable bonds is 4. The first-order valence-electron chi connectivity index (χ1n) is 10.1. The molecule has 0 amide bonds. The highest BCUT2D eigenvalue weighted by Gasteiger charge is 2.40. The summed E-state index contributed by atoms with van der Waals surface area (Å²) in [6.45, 7) is 8.62. The van der Waals surface area contributed by atoms with Gasteiger partial charge < -0.3 is 14.4 Å². The van der Waals surface area contributed by atoms with Crippen molar-refractivity contribution in [2.75, 3.05) is 18.1 Å². The number of anilines is 1. The van der Waals surface area contributed by atoms with Crippen LogP contribution in [0, 0.1) is 0 Å². The Labute approximate surface area is 165 Å². The minimum Gasteiger partial charge on any atom is -0.488 e. The van der Waals surface area contributed by atoms with Gasteiger partial charge in [0.15, 0.2) is 0 Å². The Morgan fingerprint density at radius 1 is 1.11 bits per heavy atom. The summed E-state index contributed by atoms with van der Waals surface area (Å²) in [4.78, 5) is 16.2. The maximum atomic E-state index is 6.16. The fourth-order valence-corrected chi connectivity index (χ4v) is 4.08. The third-order valence-electron chi connectivity index (χ3n) is 5.89. The Balaban J connectivity index is 1.46. The maximum Gasteiger partial charge on any atom is 0.133 e. The van der Waals surface area contributed by atoms with E-state index in [0.29, 0.717) is 19.8 Å². The maximum absolute atomic E-state index is 6.16. The highest BCUT2D eigenvalue weighted by Crippen LogP contribution is 2.40. The van der Waals surface area contributed by atoms with E-state index in [1.165, 1.54) is 5.56 Å². The van der Waals surface area contributed by atoms with Gasteiger partial charge in [0.25, 0.3) is 0 Å². The van der Waals surface area contributed by atoms with E-state index in [9.17, 15) is 0 Å². The highest BCUT2D eigenvalue weighted by atomic mass is 16.5. The molecule has 5 rings (SSSR count). The molecule has 3 aliphatic rings. The van der Waals surface area contributed by atoms with E-state index in [1.54, 1.807) is 6.33 Å². The zero-order valence-electron chi connectivity index (χ0n) is 16.7. The van der Waals surface area contributed by atoms with E-state index in [2.05, 4.69) is 59.9 Å². The lowest BCUT2D eigenvalue weighted by Gasteiger charge is -2.39. The third-order valence-corrected chi connectivity index (χ3v) is 5.89. The van der Waals surface area contributed by atoms with Gasteiger partial charge in [0, 0.05) is 11.6 Å². The number of aliphatic imine (C=N–C) groups is 1. The Bertz CT molecular complexity index is 928. The van der Waals surface area contributed by atoms with Crippen LogP contribution in [0.5, 0.6) is 5.75 Å². The lowest BCUT2D eigenvalue weighted by atomic mass is 10.0. The largest absolute Gasteiger partial charge is 0.488 e. The van der Waals surface area contributed by atoms with Crippen molar-refractivity contribution in [3.05, 3.63) is 47.4 Å². The van der Waals surface area contributed by atoms with Crippen molar-refractivity contribution in [3.63, 3.8) is 0 Å². The van der Waals surface area contributed by atoms with Crippen LogP contribution in [0.1, 0.15) is 50.4 Å². The van der Waals surface area contributed by atoms with Gasteiger partial charge in [-0.05, 0) is 51.3 Å². The van der Waals surface area contributed by atoms with E-state index >= 15 is 0 Å². The third kappa shape index (κ3) is 3.15. The topological polar surface area (TPSA) is 59.8 Å². The number of nitrogens with zero attached hydrogens (tertiary/aromatic N) is 4. The number of aromatic nitrogens is 2. The lowest BCUT2D eigenvalue weighted by molar-refractivity contribution is 0.0752. The van der Waals surface area contributed by atoms with Crippen LogP contribution in [0.25, 0.3) is 0 Å². The van der Waals surface area contributed by atoms with Crippen molar-refractivity contribution in [2.24, 2.45) is 4.99 Å². The van der Waals surface area contributed by atoms with Crippen LogP contribution in [0.3, 0.4) is 0 Å². The van der Waals surface area contributed by atoms with Gasteiger partial charge in [-0.15, -0.1) is 0 Å². The summed E-state index contributed by atoms with van der Waals surface area (Å²) in [6, 6.07) is 8.92. The predicted octanol–water partition coefficient (Wildman–Crippen LogP) is 3.37. The fourth-order valence-electron chi connectivity index (χ4n) is 4.08. The first kappa shape index (κ1) is 17.6. The molecule has 6 nitrogen and oxygen atoms in total. The van der Waals surface area contributed by atoms with Crippen molar-refractivity contribution in [2.45, 2.75) is 57.8 Å². The average Bonchev–Trinajstić information content (AvgIpc) is 3.25. The first-order chi connectivity index (χ1) is 13.5. The molecule has 1 aromatic heterocycles. The fraction of sp³-hybridized carbons (Fsp3) is 0.500. The summed E-state index contributed by atoms with van der Waals surface area (Å²) in [6.07, 6.45) is 3.89. The second kappa shape index (κ2) is 6.55. The molecule has 0 bridgehead atoms. The van der Waals surface area contributed by atoms with Crippen molar-refractivity contribution in [3.8, 4) is 5.75 Å². The smallest absolute Gasteiger partial charge is 0.133 e. The van der Waals surface area contributed by atoms with Gasteiger partial charge in [0.2, 0.25) is 0 Å². The Kier molecular flexibility index (Phi) is 4.12. The number of hydrogen-bond donors (Lipinski definition) is 0. The molecule has 1 saturated heterocycles. The van der Waals surface area contributed by atoms with Crippen molar-refractivity contribution >= 4 is 11.5 Å². The van der Waals surface area contributed by atoms with Gasteiger partial charge in [0.05, 0.1) is 43.2 Å². The van der Waals surface area contributed by atoms with Crippen LogP contribution in [0.15, 0.2) is 35.6 Å². The summed E-state index contributed by atoms with van der Waals surface area (Å²) >= 11 is 0. The molecule has 2 fully saturated rings. The Morgan fingerprint density at radius 3 is 2.64 bits per heavy atom. The number of fused-ring (bicyclic) bond motifs is 1. The van der Waals surface area contributed by atoms with Gasteiger partial charge in [0.1, 0.15) is 23.5 Å². The number of benzene rings is 1. The SMILES string of the molecule is C[C@@H]1COC[C@@H](C)N1c1cc(C2=NCc3ccc(OC4(C)CC4)cc32)ncn1. The van der Waals surface area contributed by atoms with Crippen LogP contribution in [-0.4, -0.2) is 46.6 Å². The molecule has 0 N–H and O–H groups in total. The molecule has 6 heteroatoms. The van der Waals surface area contributed by atoms with E-state index in [4.69, 9.17) is 14.5 Å². The molecule has 1 saturated carbocycles. The summed E-state index contributed by atoms with van der Waals surface area (Å²) in [5.74, 6) is 1.85. The summed E-state index contributed by atoms with van der Waals surface area (Å²) in [5, 5.41) is 0. The van der Waals surface area contributed by atoms with E-state index in [-0.39, 0.29) is 17.7 Å². The molecule has 146 valence electrons. The van der Waals surface area contributed by atoms with Gasteiger partial charge >= 0.3 is 0 Å². The van der Waals surface area contributed by atoms with E-state index in [1.807, 2.05) is 0 Å². The van der Waals surface area contributed by atoms with Gasteiger partial charge in [-0.1, -0.05) is 6.07 Å². The lowest BCUT2D eigenvalue weighted by Crippen LogP contribution is -2.50. The van der Waals surface area contributed by atoms with Crippen LogP contribution in [0.2, 0.25) is 0 Å². The molecule has 1 aliphatic carbocycles. The number of ether oxygens (including phenoxy) is 2. The zero-order valence-corrected chi connectivity index (χ0v) is 16.7.